The summed E-state index contributed by atoms with van der Waals surface area (Å²) in [4.78, 5) is 27.3. The zero-order valence-electron chi connectivity index (χ0n) is 23.7. The van der Waals surface area contributed by atoms with Crippen LogP contribution in [-0.4, -0.2) is 61.8 Å². The van der Waals surface area contributed by atoms with E-state index in [4.69, 9.17) is 19.2 Å². The number of ether oxygens (including phenoxy) is 3. The van der Waals surface area contributed by atoms with E-state index in [1.807, 2.05) is 56.6 Å². The summed E-state index contributed by atoms with van der Waals surface area (Å²) in [7, 11) is 3.47. The zero-order valence-corrected chi connectivity index (χ0v) is 23.7. The fourth-order valence-corrected chi connectivity index (χ4v) is 5.04. The van der Waals surface area contributed by atoms with E-state index in [1.165, 1.54) is 12.4 Å². The van der Waals surface area contributed by atoms with Crippen molar-refractivity contribution in [2.45, 2.75) is 25.9 Å². The number of benzene rings is 2. The van der Waals surface area contributed by atoms with Gasteiger partial charge in [-0.1, -0.05) is 6.58 Å². The van der Waals surface area contributed by atoms with Gasteiger partial charge in [0.2, 0.25) is 5.91 Å². The minimum Gasteiger partial charge on any atom is -0.491 e. The normalized spacial score (nSPS) is 13.7. The van der Waals surface area contributed by atoms with Gasteiger partial charge in [0.1, 0.15) is 29.4 Å². The molecule has 11 heteroatoms. The molecule has 0 unspecified atom stereocenters. The van der Waals surface area contributed by atoms with Gasteiger partial charge in [-0.3, -0.25) is 9.48 Å². The molecule has 1 aliphatic heterocycles. The third kappa shape index (κ3) is 5.53. The molecule has 1 fully saturated rings. The quantitative estimate of drug-likeness (QED) is 0.250. The summed E-state index contributed by atoms with van der Waals surface area (Å²) in [6.45, 7) is 6.75. The van der Waals surface area contributed by atoms with Crippen LogP contribution in [0.3, 0.4) is 0 Å². The van der Waals surface area contributed by atoms with Gasteiger partial charge in [0.05, 0.1) is 18.1 Å². The van der Waals surface area contributed by atoms with Gasteiger partial charge >= 0.3 is 0 Å². The number of hydrogen-bond donors (Lipinski definition) is 1. The lowest BCUT2D eigenvalue weighted by Crippen LogP contribution is -2.41. The van der Waals surface area contributed by atoms with E-state index in [2.05, 4.69) is 27.0 Å². The van der Waals surface area contributed by atoms with Crippen molar-refractivity contribution in [3.8, 4) is 23.1 Å². The number of amides is 1. The summed E-state index contributed by atoms with van der Waals surface area (Å²) in [5.74, 6) is 2.77. The molecular formula is C31H31N7O4. The van der Waals surface area contributed by atoms with Crippen molar-refractivity contribution in [1.82, 2.24) is 29.6 Å². The van der Waals surface area contributed by atoms with Crippen LogP contribution in [0.5, 0.6) is 23.1 Å². The molecule has 3 aromatic heterocycles. The molecule has 11 nitrogen and oxygen atoms in total. The van der Waals surface area contributed by atoms with Gasteiger partial charge in [0.25, 0.3) is 5.88 Å². The van der Waals surface area contributed by atoms with Crippen LogP contribution < -0.4 is 19.5 Å². The standard InChI is InChI=1S/C31H31N7O4/c1-5-28(39)38-12-10-22(11-13-38)42-31-27(40-4)16-25-29(35-31)30(33-18-32-25)34-21-7-9-26(19(2)14-21)41-23-8-6-20-17-37(3)36-24(20)15-23/h5-9,14-18,22H,1,10-13H2,2-4H3,(H,32,33,34). The number of carbonyl (C=O) groups is 1. The van der Waals surface area contributed by atoms with E-state index < -0.39 is 0 Å². The Morgan fingerprint density at radius 2 is 1.90 bits per heavy atom. The number of methoxy groups -OCH3 is 1. The van der Waals surface area contributed by atoms with Crippen molar-refractivity contribution in [1.29, 1.82) is 0 Å². The first-order valence-corrected chi connectivity index (χ1v) is 13.7. The molecule has 1 amide bonds. The number of fused-ring (bicyclic) bond motifs is 2. The number of aromatic nitrogens is 5. The van der Waals surface area contributed by atoms with Crippen molar-refractivity contribution in [3.63, 3.8) is 0 Å². The van der Waals surface area contributed by atoms with Gasteiger partial charge in [-0.05, 0) is 48.9 Å². The van der Waals surface area contributed by atoms with Crippen LogP contribution in [-0.2, 0) is 11.8 Å². The second-order valence-corrected chi connectivity index (χ2v) is 10.2. The number of nitrogens with one attached hydrogen (secondary N) is 1. The maximum absolute atomic E-state index is 11.9. The molecule has 1 N–H and O–H groups in total. The van der Waals surface area contributed by atoms with Crippen molar-refractivity contribution >= 4 is 39.3 Å². The monoisotopic (exact) mass is 565 g/mol. The molecule has 0 aliphatic carbocycles. The fourth-order valence-electron chi connectivity index (χ4n) is 5.04. The van der Waals surface area contributed by atoms with Crippen LogP contribution in [0.1, 0.15) is 18.4 Å². The second-order valence-electron chi connectivity index (χ2n) is 10.2. The molecular weight excluding hydrogens is 534 g/mol. The van der Waals surface area contributed by atoms with Crippen molar-refractivity contribution in [2.75, 3.05) is 25.5 Å². The highest BCUT2D eigenvalue weighted by Crippen LogP contribution is 2.34. The molecule has 0 saturated carbocycles. The van der Waals surface area contributed by atoms with Crippen molar-refractivity contribution in [2.24, 2.45) is 7.05 Å². The molecule has 0 bridgehead atoms. The van der Waals surface area contributed by atoms with Crippen molar-refractivity contribution in [3.05, 3.63) is 73.2 Å². The van der Waals surface area contributed by atoms with Crippen LogP contribution in [0.25, 0.3) is 21.9 Å². The summed E-state index contributed by atoms with van der Waals surface area (Å²) in [6.07, 6.45) is 6.06. The predicted molar refractivity (Wildman–Crippen MR) is 160 cm³/mol. The Labute approximate surface area is 242 Å². The topological polar surface area (TPSA) is 117 Å². The molecule has 4 heterocycles. The number of carbonyl (C=O) groups excluding carboxylic acids is 1. The number of hydrogen-bond acceptors (Lipinski definition) is 9. The number of aryl methyl sites for hydroxylation is 2. The third-order valence-electron chi connectivity index (χ3n) is 7.23. The first kappa shape index (κ1) is 27.0. The Hall–Kier alpha value is -5.19. The molecule has 1 aliphatic rings. The number of anilines is 2. The summed E-state index contributed by atoms with van der Waals surface area (Å²) < 4.78 is 19.8. The summed E-state index contributed by atoms with van der Waals surface area (Å²) in [5, 5.41) is 8.89. The number of pyridine rings is 1. The molecule has 6 rings (SSSR count). The molecule has 0 radical (unpaired) electrons. The lowest BCUT2D eigenvalue weighted by atomic mass is 10.1. The lowest BCUT2D eigenvalue weighted by molar-refractivity contribution is -0.127. The first-order valence-electron chi connectivity index (χ1n) is 13.7. The highest BCUT2D eigenvalue weighted by Gasteiger charge is 2.25. The number of likely N-dealkylation sites (tertiary alicyclic amines) is 1. The Balaban J connectivity index is 1.21. The Morgan fingerprint density at radius 1 is 1.07 bits per heavy atom. The van der Waals surface area contributed by atoms with Gasteiger partial charge in [0, 0.05) is 62.4 Å². The summed E-state index contributed by atoms with van der Waals surface area (Å²) in [6, 6.07) is 13.5. The zero-order chi connectivity index (χ0) is 29.2. The minimum absolute atomic E-state index is 0.0662. The van der Waals surface area contributed by atoms with Crippen LogP contribution in [0.15, 0.2) is 67.6 Å². The van der Waals surface area contributed by atoms with E-state index in [0.717, 1.165) is 33.7 Å². The minimum atomic E-state index is -0.104. The maximum Gasteiger partial charge on any atom is 0.258 e. The average molecular weight is 566 g/mol. The first-order chi connectivity index (χ1) is 20.4. The maximum atomic E-state index is 11.9. The van der Waals surface area contributed by atoms with Crippen LogP contribution in [0.2, 0.25) is 0 Å². The van der Waals surface area contributed by atoms with E-state index in [9.17, 15) is 4.79 Å². The number of rotatable bonds is 8. The fraction of sp³-hybridized carbons (Fsp3) is 0.258. The summed E-state index contributed by atoms with van der Waals surface area (Å²) >= 11 is 0. The molecule has 0 spiro atoms. The van der Waals surface area contributed by atoms with Gasteiger partial charge in [-0.25, -0.2) is 15.0 Å². The molecule has 42 heavy (non-hydrogen) atoms. The van der Waals surface area contributed by atoms with E-state index in [0.29, 0.717) is 54.4 Å². The number of piperidine rings is 1. The smallest absolute Gasteiger partial charge is 0.258 e. The van der Waals surface area contributed by atoms with Crippen LogP contribution in [0.4, 0.5) is 11.5 Å². The van der Waals surface area contributed by atoms with Gasteiger partial charge in [0.15, 0.2) is 11.6 Å². The highest BCUT2D eigenvalue weighted by molar-refractivity contribution is 5.89. The Morgan fingerprint density at radius 3 is 2.67 bits per heavy atom. The lowest BCUT2D eigenvalue weighted by Gasteiger charge is -2.31. The van der Waals surface area contributed by atoms with Gasteiger partial charge < -0.3 is 24.4 Å². The molecule has 0 atom stereocenters. The highest BCUT2D eigenvalue weighted by atomic mass is 16.5. The largest absolute Gasteiger partial charge is 0.491 e. The van der Waals surface area contributed by atoms with Gasteiger partial charge in [-0.2, -0.15) is 5.10 Å². The third-order valence-corrected chi connectivity index (χ3v) is 7.23. The second kappa shape index (κ2) is 11.4. The Kier molecular flexibility index (Phi) is 7.30. The van der Waals surface area contributed by atoms with Crippen LogP contribution >= 0.6 is 0 Å². The SMILES string of the molecule is C=CC(=O)N1CCC(Oc2nc3c(Nc4ccc(Oc5ccc6cn(C)nc6c5)c(C)c4)ncnc3cc2OC)CC1. The average Bonchev–Trinajstić information content (AvgIpc) is 3.37. The van der Waals surface area contributed by atoms with Crippen molar-refractivity contribution < 1.29 is 19.0 Å². The molecule has 214 valence electrons. The summed E-state index contributed by atoms with van der Waals surface area (Å²) in [5.41, 5.74) is 3.81. The number of nitrogens with zero attached hydrogens (tertiary/aromatic N) is 6. The van der Waals surface area contributed by atoms with Crippen LogP contribution in [0, 0.1) is 6.92 Å². The molecule has 1 saturated heterocycles. The predicted octanol–water partition coefficient (Wildman–Crippen LogP) is 5.32. The van der Waals surface area contributed by atoms with E-state index in [-0.39, 0.29) is 12.0 Å². The Bertz CT molecular complexity index is 1790. The molecule has 5 aromatic rings. The van der Waals surface area contributed by atoms with E-state index in [1.54, 1.807) is 22.8 Å². The van der Waals surface area contributed by atoms with Gasteiger partial charge in [-0.15, -0.1) is 0 Å². The van der Waals surface area contributed by atoms with E-state index >= 15 is 0 Å². The molecule has 2 aromatic carbocycles.